The smallest absolute Gasteiger partial charge is 0.131 e. The number of allylic oxidation sites excluding steroid dienone is 1. The molecule has 0 aromatic heterocycles. The molecule has 1 nitrogen and oxygen atoms in total. The van der Waals surface area contributed by atoms with Gasteiger partial charge >= 0.3 is 0 Å². The first-order valence-corrected chi connectivity index (χ1v) is 6.53. The first-order valence-electron chi connectivity index (χ1n) is 6.53. The number of rotatable bonds is 3. The fourth-order valence-corrected chi connectivity index (χ4v) is 2.97. The molecule has 1 aliphatic rings. The fraction of sp³-hybridized carbons (Fsp3) is 0.167. The summed E-state index contributed by atoms with van der Waals surface area (Å²) in [7, 11) is 0. The molecule has 2 aromatic rings. The molecule has 0 saturated heterocycles. The number of carbonyl (C=O) groups excluding carboxylic acids is 1. The number of benzene rings is 2. The minimum absolute atomic E-state index is 0.467. The average Bonchev–Trinajstić information content (AvgIpc) is 2.74. The van der Waals surface area contributed by atoms with Crippen LogP contribution in [0.5, 0.6) is 0 Å². The van der Waals surface area contributed by atoms with Crippen LogP contribution in [-0.4, -0.2) is 6.29 Å². The normalized spacial score (nSPS) is 21.2. The van der Waals surface area contributed by atoms with Gasteiger partial charge in [0.25, 0.3) is 0 Å². The van der Waals surface area contributed by atoms with Crippen LogP contribution in [0.3, 0.4) is 0 Å². The molecule has 0 fully saturated rings. The van der Waals surface area contributed by atoms with Gasteiger partial charge < -0.3 is 4.79 Å². The Hall–Kier alpha value is -2.15. The Morgan fingerprint density at radius 1 is 1.05 bits per heavy atom. The lowest BCUT2D eigenvalue weighted by Gasteiger charge is -2.24. The molecular formula is C18H16O. The van der Waals surface area contributed by atoms with Crippen molar-refractivity contribution in [3.8, 4) is 0 Å². The maximum atomic E-state index is 11.8. The summed E-state index contributed by atoms with van der Waals surface area (Å²) >= 11 is 0. The lowest BCUT2D eigenvalue weighted by molar-refractivity contribution is -0.113. The molecule has 3 rings (SSSR count). The molecule has 0 N–H and O–H groups in total. The number of hydrogen-bond donors (Lipinski definition) is 0. The monoisotopic (exact) mass is 248 g/mol. The van der Waals surface area contributed by atoms with Crippen molar-refractivity contribution in [3.63, 3.8) is 0 Å². The predicted octanol–water partition coefficient (Wildman–Crippen LogP) is 3.68. The van der Waals surface area contributed by atoms with Gasteiger partial charge in [-0.15, -0.1) is 0 Å². The van der Waals surface area contributed by atoms with Crippen LogP contribution in [0, 0.1) is 5.41 Å². The second-order valence-corrected chi connectivity index (χ2v) is 5.25. The third-order valence-electron chi connectivity index (χ3n) is 4.04. The predicted molar refractivity (Wildman–Crippen MR) is 77.8 cm³/mol. The van der Waals surface area contributed by atoms with E-state index in [4.69, 9.17) is 0 Å². The summed E-state index contributed by atoms with van der Waals surface area (Å²) in [6.45, 7) is 4.18. The Kier molecular flexibility index (Phi) is 2.83. The highest BCUT2D eigenvalue weighted by molar-refractivity contribution is 5.89. The van der Waals surface area contributed by atoms with E-state index in [9.17, 15) is 4.79 Å². The molecule has 0 amide bonds. The Morgan fingerprint density at radius 2 is 1.74 bits per heavy atom. The lowest BCUT2D eigenvalue weighted by Crippen LogP contribution is -2.25. The summed E-state index contributed by atoms with van der Waals surface area (Å²) < 4.78 is 0. The third kappa shape index (κ3) is 1.91. The van der Waals surface area contributed by atoms with Gasteiger partial charge in [-0.2, -0.15) is 0 Å². The van der Waals surface area contributed by atoms with Crippen molar-refractivity contribution < 1.29 is 4.79 Å². The van der Waals surface area contributed by atoms with Crippen molar-refractivity contribution in [3.05, 3.63) is 77.9 Å². The van der Waals surface area contributed by atoms with Crippen LogP contribution < -0.4 is 0 Å². The van der Waals surface area contributed by atoms with Crippen LogP contribution in [0.1, 0.15) is 16.7 Å². The van der Waals surface area contributed by atoms with E-state index in [1.807, 2.05) is 30.3 Å². The first-order chi connectivity index (χ1) is 9.25. The lowest BCUT2D eigenvalue weighted by atomic mass is 9.77. The zero-order valence-electron chi connectivity index (χ0n) is 10.8. The van der Waals surface area contributed by atoms with Crippen molar-refractivity contribution in [1.82, 2.24) is 0 Å². The van der Waals surface area contributed by atoms with Crippen molar-refractivity contribution in [2.24, 2.45) is 5.41 Å². The van der Waals surface area contributed by atoms with Crippen LogP contribution in [0.4, 0.5) is 0 Å². The first kappa shape index (κ1) is 11.9. The van der Waals surface area contributed by atoms with E-state index in [0.29, 0.717) is 0 Å². The van der Waals surface area contributed by atoms with Crippen molar-refractivity contribution in [1.29, 1.82) is 0 Å². The van der Waals surface area contributed by atoms with E-state index in [1.54, 1.807) is 0 Å². The summed E-state index contributed by atoms with van der Waals surface area (Å²) in [4.78, 5) is 11.8. The Balaban J connectivity index is 1.99. The molecule has 94 valence electrons. The molecule has 1 atom stereocenters. The minimum Gasteiger partial charge on any atom is -0.302 e. The Labute approximate surface area is 113 Å². The van der Waals surface area contributed by atoms with Crippen LogP contribution in [0.2, 0.25) is 0 Å². The average molecular weight is 248 g/mol. The molecule has 1 unspecified atom stereocenters. The van der Waals surface area contributed by atoms with Crippen LogP contribution >= 0.6 is 0 Å². The fourth-order valence-electron chi connectivity index (χ4n) is 2.97. The third-order valence-corrected chi connectivity index (χ3v) is 4.04. The molecule has 1 aliphatic carbocycles. The van der Waals surface area contributed by atoms with E-state index >= 15 is 0 Å². The molecule has 2 aromatic carbocycles. The largest absolute Gasteiger partial charge is 0.302 e. The minimum atomic E-state index is -0.467. The maximum absolute atomic E-state index is 11.8. The van der Waals surface area contributed by atoms with Crippen molar-refractivity contribution in [2.75, 3.05) is 0 Å². The van der Waals surface area contributed by atoms with Gasteiger partial charge in [-0.05, 0) is 35.1 Å². The van der Waals surface area contributed by atoms with E-state index < -0.39 is 5.41 Å². The zero-order valence-corrected chi connectivity index (χ0v) is 10.8. The summed E-state index contributed by atoms with van der Waals surface area (Å²) in [5.74, 6) is 0. The maximum Gasteiger partial charge on any atom is 0.131 e. The summed E-state index contributed by atoms with van der Waals surface area (Å²) in [5, 5.41) is 0. The molecule has 0 saturated carbocycles. The SMILES string of the molecule is C=C1c2ccccc2CC1(C=O)Cc1ccccc1. The summed E-state index contributed by atoms with van der Waals surface area (Å²) in [6.07, 6.45) is 2.58. The Morgan fingerprint density at radius 3 is 2.42 bits per heavy atom. The molecule has 0 bridgehead atoms. The highest BCUT2D eigenvalue weighted by atomic mass is 16.1. The van der Waals surface area contributed by atoms with E-state index in [1.165, 1.54) is 11.1 Å². The van der Waals surface area contributed by atoms with Gasteiger partial charge in [0.2, 0.25) is 0 Å². The summed E-state index contributed by atoms with van der Waals surface area (Å²) in [5.41, 5.74) is 4.05. The van der Waals surface area contributed by atoms with Gasteiger partial charge in [-0.1, -0.05) is 61.2 Å². The van der Waals surface area contributed by atoms with Crippen LogP contribution in [-0.2, 0) is 17.6 Å². The van der Waals surface area contributed by atoms with E-state index in [-0.39, 0.29) is 0 Å². The van der Waals surface area contributed by atoms with Crippen LogP contribution in [0.25, 0.3) is 5.57 Å². The molecule has 0 heterocycles. The van der Waals surface area contributed by atoms with E-state index in [2.05, 4.69) is 30.8 Å². The number of hydrogen-bond acceptors (Lipinski definition) is 1. The van der Waals surface area contributed by atoms with E-state index in [0.717, 1.165) is 30.3 Å². The van der Waals surface area contributed by atoms with Gasteiger partial charge in [0.15, 0.2) is 0 Å². The zero-order chi connectivity index (χ0) is 13.3. The van der Waals surface area contributed by atoms with Gasteiger partial charge in [0.1, 0.15) is 6.29 Å². The highest BCUT2D eigenvalue weighted by Crippen LogP contribution is 2.46. The van der Waals surface area contributed by atoms with Crippen LogP contribution in [0.15, 0.2) is 61.2 Å². The van der Waals surface area contributed by atoms with Gasteiger partial charge in [-0.3, -0.25) is 0 Å². The quantitative estimate of drug-likeness (QED) is 0.757. The van der Waals surface area contributed by atoms with Gasteiger partial charge in [0.05, 0.1) is 5.41 Å². The van der Waals surface area contributed by atoms with Gasteiger partial charge in [0, 0.05) is 0 Å². The standard InChI is InChI=1S/C18H16O/c1-14-17-10-6-5-9-16(17)12-18(14,13-19)11-15-7-3-2-4-8-15/h2-10,13H,1,11-12H2. The number of aldehydes is 1. The molecule has 1 heteroatoms. The molecular weight excluding hydrogens is 232 g/mol. The van der Waals surface area contributed by atoms with Gasteiger partial charge in [-0.25, -0.2) is 0 Å². The summed E-state index contributed by atoms with van der Waals surface area (Å²) in [6, 6.07) is 18.4. The van der Waals surface area contributed by atoms with Crippen molar-refractivity contribution >= 4 is 11.9 Å². The number of fused-ring (bicyclic) bond motifs is 1. The highest BCUT2D eigenvalue weighted by Gasteiger charge is 2.40. The second kappa shape index (κ2) is 4.51. The van der Waals surface area contributed by atoms with Crippen molar-refractivity contribution in [2.45, 2.75) is 12.8 Å². The second-order valence-electron chi connectivity index (χ2n) is 5.25. The molecule has 19 heavy (non-hydrogen) atoms. The molecule has 0 radical (unpaired) electrons. The molecule has 0 spiro atoms. The Bertz CT molecular complexity index is 627. The number of carbonyl (C=O) groups is 1. The topological polar surface area (TPSA) is 17.1 Å². The molecule has 0 aliphatic heterocycles.